The highest BCUT2D eigenvalue weighted by Crippen LogP contribution is 2.36. The van der Waals surface area contributed by atoms with E-state index in [9.17, 15) is 14.0 Å². The first-order valence-electron chi connectivity index (χ1n) is 16.0. The number of halogens is 1. The minimum Gasteiger partial charge on any atom is -0.368 e. The van der Waals surface area contributed by atoms with Crippen LogP contribution in [0.25, 0.3) is 33.5 Å². The number of likely N-dealkylation sites (tertiary alicyclic amines) is 1. The predicted octanol–water partition coefficient (Wildman–Crippen LogP) is 4.83. The van der Waals surface area contributed by atoms with E-state index >= 15 is 0 Å². The van der Waals surface area contributed by atoms with Crippen molar-refractivity contribution in [1.29, 1.82) is 0 Å². The third-order valence-corrected chi connectivity index (χ3v) is 9.34. The Morgan fingerprint density at radius 3 is 2.40 bits per heavy atom. The molecular weight excluding hydrogens is 607 g/mol. The van der Waals surface area contributed by atoms with Crippen LogP contribution in [0, 0.1) is 23.6 Å². The van der Waals surface area contributed by atoms with E-state index in [2.05, 4.69) is 48.4 Å². The summed E-state index contributed by atoms with van der Waals surface area (Å²) in [6, 6.07) is 21.7. The van der Waals surface area contributed by atoms with E-state index in [1.165, 1.54) is 12.1 Å². The zero-order valence-corrected chi connectivity index (χ0v) is 26.4. The zero-order valence-electron chi connectivity index (χ0n) is 26.4. The van der Waals surface area contributed by atoms with Crippen molar-refractivity contribution in [2.24, 2.45) is 5.41 Å². The van der Waals surface area contributed by atoms with Gasteiger partial charge in [-0.05, 0) is 85.8 Å². The third kappa shape index (κ3) is 6.35. The molecule has 7 rings (SSSR count). The maximum absolute atomic E-state index is 13.8. The number of fused-ring (bicyclic) bond motifs is 1. The highest BCUT2D eigenvalue weighted by atomic mass is 19.1. The van der Waals surface area contributed by atoms with E-state index in [-0.39, 0.29) is 30.6 Å². The van der Waals surface area contributed by atoms with E-state index < -0.39 is 5.41 Å². The maximum atomic E-state index is 13.8. The van der Waals surface area contributed by atoms with Gasteiger partial charge < -0.3 is 15.1 Å². The first-order chi connectivity index (χ1) is 23.4. The summed E-state index contributed by atoms with van der Waals surface area (Å²) >= 11 is 0. The van der Waals surface area contributed by atoms with E-state index in [1.807, 2.05) is 40.1 Å². The molecule has 10 nitrogen and oxygen atoms in total. The van der Waals surface area contributed by atoms with Gasteiger partial charge in [-0.3, -0.25) is 19.6 Å². The van der Waals surface area contributed by atoms with Gasteiger partial charge in [0.1, 0.15) is 5.82 Å². The highest BCUT2D eigenvalue weighted by Gasteiger charge is 2.44. The van der Waals surface area contributed by atoms with Gasteiger partial charge in [-0.15, -0.1) is 12.3 Å². The fourth-order valence-electron chi connectivity index (χ4n) is 6.66. The summed E-state index contributed by atoms with van der Waals surface area (Å²) < 4.78 is 13.5. The Kier molecular flexibility index (Phi) is 8.57. The number of piperazine rings is 1. The second-order valence-corrected chi connectivity index (χ2v) is 12.4. The molecule has 0 spiro atoms. The van der Waals surface area contributed by atoms with Crippen LogP contribution in [0.2, 0.25) is 0 Å². The van der Waals surface area contributed by atoms with Crippen molar-refractivity contribution >= 4 is 34.1 Å². The number of carbonyl (C=O) groups is 2. The van der Waals surface area contributed by atoms with Crippen molar-refractivity contribution < 1.29 is 14.0 Å². The van der Waals surface area contributed by atoms with Crippen LogP contribution in [0.3, 0.4) is 0 Å². The summed E-state index contributed by atoms with van der Waals surface area (Å²) in [6.45, 7) is 3.98. The molecular formula is C37H35FN8O2. The molecule has 0 saturated carbocycles. The zero-order chi connectivity index (χ0) is 33.1. The Labute approximate surface area is 278 Å². The number of amides is 2. The highest BCUT2D eigenvalue weighted by molar-refractivity contribution is 6.00. The summed E-state index contributed by atoms with van der Waals surface area (Å²) in [5.74, 6) is 2.97. The van der Waals surface area contributed by atoms with Crippen molar-refractivity contribution in [2.45, 2.75) is 12.8 Å². The first-order valence-corrected chi connectivity index (χ1v) is 16.0. The van der Waals surface area contributed by atoms with Crippen LogP contribution in [-0.4, -0.2) is 87.6 Å². The van der Waals surface area contributed by atoms with Gasteiger partial charge in [0.25, 0.3) is 0 Å². The number of H-pyrrole nitrogens is 1. The van der Waals surface area contributed by atoms with E-state index in [1.54, 1.807) is 30.6 Å². The van der Waals surface area contributed by atoms with Crippen LogP contribution >= 0.6 is 0 Å². The number of rotatable bonds is 8. The van der Waals surface area contributed by atoms with Gasteiger partial charge in [-0.25, -0.2) is 14.4 Å². The second-order valence-electron chi connectivity index (χ2n) is 12.4. The quantitative estimate of drug-likeness (QED) is 0.234. The maximum Gasteiger partial charge on any atom is 0.236 e. The molecule has 2 aromatic heterocycles. The summed E-state index contributed by atoms with van der Waals surface area (Å²) in [4.78, 5) is 42.0. The van der Waals surface area contributed by atoms with Gasteiger partial charge >= 0.3 is 0 Å². The minimum absolute atomic E-state index is 0.0573. The van der Waals surface area contributed by atoms with Crippen molar-refractivity contribution in [3.05, 3.63) is 91.0 Å². The molecule has 0 radical (unpaired) electrons. The van der Waals surface area contributed by atoms with E-state index in [0.717, 1.165) is 40.8 Å². The lowest BCUT2D eigenvalue weighted by atomic mass is 9.82. The van der Waals surface area contributed by atoms with E-state index in [4.69, 9.17) is 6.42 Å². The topological polar surface area (TPSA) is 110 Å². The Bertz CT molecular complexity index is 1970. The summed E-state index contributed by atoms with van der Waals surface area (Å²) in [6.07, 6.45) is 10.1. The van der Waals surface area contributed by atoms with Crippen LogP contribution in [0.1, 0.15) is 12.8 Å². The molecule has 11 heteroatoms. The lowest BCUT2D eigenvalue weighted by Crippen LogP contribution is -2.51. The fourth-order valence-corrected chi connectivity index (χ4v) is 6.66. The number of aromatic amines is 1. The molecule has 0 bridgehead atoms. The van der Waals surface area contributed by atoms with Gasteiger partial charge in [0, 0.05) is 79.4 Å². The molecule has 2 saturated heterocycles. The van der Waals surface area contributed by atoms with Gasteiger partial charge in [0.15, 0.2) is 5.82 Å². The van der Waals surface area contributed by atoms with Crippen LogP contribution < -0.4 is 10.2 Å². The Morgan fingerprint density at radius 2 is 1.67 bits per heavy atom. The summed E-state index contributed by atoms with van der Waals surface area (Å²) in [5.41, 5.74) is 4.10. The van der Waals surface area contributed by atoms with Crippen molar-refractivity contribution in [2.75, 3.05) is 56.0 Å². The minimum atomic E-state index is -0.810. The Hall–Kier alpha value is -5.60. The monoisotopic (exact) mass is 642 g/mol. The second kappa shape index (κ2) is 13.3. The number of aromatic nitrogens is 4. The molecule has 4 heterocycles. The predicted molar refractivity (Wildman–Crippen MR) is 183 cm³/mol. The molecule has 2 amide bonds. The van der Waals surface area contributed by atoms with Crippen LogP contribution in [0.4, 0.5) is 15.8 Å². The number of nitrogens with zero attached hydrogens (tertiary/aromatic N) is 6. The molecule has 1 atom stereocenters. The average Bonchev–Trinajstić information content (AvgIpc) is 3.74. The van der Waals surface area contributed by atoms with Crippen LogP contribution in [0.15, 0.2) is 85.2 Å². The van der Waals surface area contributed by atoms with Crippen molar-refractivity contribution in [3.8, 4) is 35.0 Å². The first kappa shape index (κ1) is 31.0. The van der Waals surface area contributed by atoms with Crippen LogP contribution in [-0.2, 0) is 9.59 Å². The Balaban J connectivity index is 0.955. The molecule has 2 fully saturated rings. The summed E-state index contributed by atoms with van der Waals surface area (Å²) in [5, 5.41) is 11.3. The average molecular weight is 643 g/mol. The number of hydrogen-bond acceptors (Lipinski definition) is 7. The molecule has 2 aliphatic heterocycles. The van der Waals surface area contributed by atoms with Crippen LogP contribution in [0.5, 0.6) is 0 Å². The number of anilines is 2. The number of hydrogen-bond donors (Lipinski definition) is 2. The number of nitrogens with one attached hydrogen (secondary N) is 2. The number of carbonyl (C=O) groups excluding carboxylic acids is 2. The standard InChI is InChI=1S/C37H35FN8O2/c1-2-14-37(36(48)41-29-10-13-32-31(23-29)34(43-42-32)26-4-8-28(38)9-5-26)15-18-44(25-37)24-33(47)46-21-19-45(20-22-46)30-11-6-27(7-12-30)35-39-16-3-17-40-35/h1,3-13,16-17,23H,14-15,18-22,24-25H2,(H,41,48)(H,42,43). The fraction of sp³-hybridized carbons (Fsp3) is 0.270. The molecule has 0 aliphatic carbocycles. The summed E-state index contributed by atoms with van der Waals surface area (Å²) in [7, 11) is 0. The lowest BCUT2D eigenvalue weighted by Gasteiger charge is -2.37. The number of benzene rings is 3. The molecule has 242 valence electrons. The van der Waals surface area contributed by atoms with E-state index in [0.29, 0.717) is 49.8 Å². The van der Waals surface area contributed by atoms with Gasteiger partial charge in [0.05, 0.1) is 23.2 Å². The molecule has 2 aliphatic rings. The molecule has 5 aromatic rings. The van der Waals surface area contributed by atoms with Gasteiger partial charge in [-0.2, -0.15) is 5.10 Å². The van der Waals surface area contributed by atoms with Gasteiger partial charge in [-0.1, -0.05) is 0 Å². The lowest BCUT2D eigenvalue weighted by molar-refractivity contribution is -0.133. The molecule has 48 heavy (non-hydrogen) atoms. The Morgan fingerprint density at radius 1 is 0.938 bits per heavy atom. The molecule has 1 unspecified atom stereocenters. The molecule has 2 N–H and O–H groups in total. The smallest absolute Gasteiger partial charge is 0.236 e. The molecule has 3 aromatic carbocycles. The third-order valence-electron chi connectivity index (χ3n) is 9.34. The number of terminal acetylenes is 1. The SMILES string of the molecule is C#CCC1(C(=O)Nc2ccc3[nH]nc(-c4ccc(F)cc4)c3c2)CCN(CC(=O)N2CCN(c3ccc(-c4ncccn4)cc3)CC2)C1. The largest absolute Gasteiger partial charge is 0.368 e. The van der Waals surface area contributed by atoms with Gasteiger partial charge in [0.2, 0.25) is 11.8 Å². The van der Waals surface area contributed by atoms with Crippen molar-refractivity contribution in [3.63, 3.8) is 0 Å². The van der Waals surface area contributed by atoms with Crippen molar-refractivity contribution in [1.82, 2.24) is 30.0 Å². The normalized spacial score (nSPS) is 18.2.